The molecule has 0 aliphatic carbocycles. The molecule has 7 nitrogen and oxygen atoms in total. The molecule has 2 aromatic rings. The Balaban J connectivity index is 1.46. The number of hydrogen-bond acceptors (Lipinski definition) is 5. The van der Waals surface area contributed by atoms with Gasteiger partial charge in [0.15, 0.2) is 9.84 Å². The maximum atomic E-state index is 11.6. The average Bonchev–Trinajstić information content (AvgIpc) is 2.72. The van der Waals surface area contributed by atoms with Gasteiger partial charge in [-0.25, -0.2) is 13.2 Å². The van der Waals surface area contributed by atoms with Crippen molar-refractivity contribution in [3.8, 4) is 16.9 Å². The smallest absolute Gasteiger partial charge is 0.407 e. The van der Waals surface area contributed by atoms with Gasteiger partial charge < -0.3 is 20.1 Å². The van der Waals surface area contributed by atoms with E-state index in [2.05, 4.69) is 5.32 Å². The van der Waals surface area contributed by atoms with E-state index in [-0.39, 0.29) is 6.04 Å². The quantitative estimate of drug-likeness (QED) is 0.797. The molecule has 154 valence electrons. The van der Waals surface area contributed by atoms with Gasteiger partial charge in [-0.3, -0.25) is 0 Å². The van der Waals surface area contributed by atoms with E-state index >= 15 is 0 Å². The average molecular weight is 416 g/mol. The summed E-state index contributed by atoms with van der Waals surface area (Å²) in [7, 11) is -3.21. The first-order valence-corrected chi connectivity index (χ1v) is 11.5. The zero-order valence-corrected chi connectivity index (χ0v) is 17.0. The maximum Gasteiger partial charge on any atom is 0.407 e. The first-order chi connectivity index (χ1) is 13.8. The molecule has 29 heavy (non-hydrogen) atoms. The minimum atomic E-state index is -3.21. The summed E-state index contributed by atoms with van der Waals surface area (Å²) in [5.41, 5.74) is 2.81. The van der Waals surface area contributed by atoms with Gasteiger partial charge in [-0.05, 0) is 54.2 Å². The number of carboxylic acid groups (broad SMARTS) is 1. The van der Waals surface area contributed by atoms with Crippen LogP contribution < -0.4 is 10.1 Å². The molecule has 1 amide bonds. The fourth-order valence-corrected chi connectivity index (χ4v) is 4.63. The highest BCUT2D eigenvalue weighted by Crippen LogP contribution is 2.36. The predicted molar refractivity (Wildman–Crippen MR) is 110 cm³/mol. The third kappa shape index (κ3) is 4.17. The van der Waals surface area contributed by atoms with Crippen molar-refractivity contribution in [2.24, 2.45) is 5.92 Å². The van der Waals surface area contributed by atoms with Gasteiger partial charge in [0, 0.05) is 19.3 Å². The molecule has 1 atom stereocenters. The Bertz CT molecular complexity index is 1010. The van der Waals surface area contributed by atoms with Crippen molar-refractivity contribution in [3.05, 3.63) is 42.5 Å². The molecule has 2 heterocycles. The van der Waals surface area contributed by atoms with E-state index < -0.39 is 15.9 Å². The van der Waals surface area contributed by atoms with Gasteiger partial charge in [-0.2, -0.15) is 0 Å². The zero-order valence-electron chi connectivity index (χ0n) is 16.2. The van der Waals surface area contributed by atoms with E-state index in [1.54, 1.807) is 24.3 Å². The largest absolute Gasteiger partial charge is 0.489 e. The number of anilines is 1. The number of benzene rings is 2. The van der Waals surface area contributed by atoms with Gasteiger partial charge in [0.1, 0.15) is 12.4 Å². The number of piperidine rings is 1. The minimum absolute atomic E-state index is 0.165. The topological polar surface area (TPSA) is 95.9 Å². The number of ether oxygens (including phenoxy) is 1. The minimum Gasteiger partial charge on any atom is -0.489 e. The summed E-state index contributed by atoms with van der Waals surface area (Å²) in [4.78, 5) is 12.8. The van der Waals surface area contributed by atoms with Crippen LogP contribution in [0.2, 0.25) is 0 Å². The van der Waals surface area contributed by atoms with Gasteiger partial charge in [0.2, 0.25) is 0 Å². The summed E-state index contributed by atoms with van der Waals surface area (Å²) in [6, 6.07) is 12.9. The number of carbonyl (C=O) groups is 1. The second-order valence-corrected chi connectivity index (χ2v) is 9.69. The summed E-state index contributed by atoms with van der Waals surface area (Å²) >= 11 is 0. The van der Waals surface area contributed by atoms with Crippen molar-refractivity contribution < 1.29 is 23.1 Å². The molecule has 0 saturated carbocycles. The predicted octanol–water partition coefficient (Wildman–Crippen LogP) is 3.32. The Labute approximate surface area is 170 Å². The van der Waals surface area contributed by atoms with Gasteiger partial charge in [-0.15, -0.1) is 0 Å². The van der Waals surface area contributed by atoms with Crippen molar-refractivity contribution in [2.45, 2.75) is 23.8 Å². The SMILES string of the molecule is CS(=O)(=O)c1ccc(-c2ccc3c(c2)OCC(C2CCN(C(=O)O)CC2)N3)cc1. The Morgan fingerprint density at radius 1 is 1.10 bits per heavy atom. The van der Waals surface area contributed by atoms with Crippen LogP contribution >= 0.6 is 0 Å². The molecule has 2 aliphatic heterocycles. The molecule has 1 fully saturated rings. The van der Waals surface area contributed by atoms with Gasteiger partial charge >= 0.3 is 6.09 Å². The van der Waals surface area contributed by atoms with Crippen molar-refractivity contribution in [1.29, 1.82) is 0 Å². The highest BCUT2D eigenvalue weighted by atomic mass is 32.2. The number of rotatable bonds is 3. The highest BCUT2D eigenvalue weighted by Gasteiger charge is 2.31. The van der Waals surface area contributed by atoms with E-state index in [0.717, 1.165) is 35.4 Å². The molecular formula is C21H24N2O5S. The fourth-order valence-electron chi connectivity index (χ4n) is 4.00. The lowest BCUT2D eigenvalue weighted by Gasteiger charge is -2.38. The Morgan fingerprint density at radius 3 is 2.38 bits per heavy atom. The van der Waals surface area contributed by atoms with Crippen LogP contribution in [0.15, 0.2) is 47.4 Å². The van der Waals surface area contributed by atoms with E-state index in [0.29, 0.717) is 30.5 Å². The number of sulfone groups is 1. The van der Waals surface area contributed by atoms with Gasteiger partial charge in [0.25, 0.3) is 0 Å². The summed E-state index contributed by atoms with van der Waals surface area (Å²) in [5.74, 6) is 1.15. The maximum absolute atomic E-state index is 11.6. The highest BCUT2D eigenvalue weighted by molar-refractivity contribution is 7.90. The van der Waals surface area contributed by atoms with Crippen molar-refractivity contribution in [3.63, 3.8) is 0 Å². The van der Waals surface area contributed by atoms with Crippen LogP contribution in [0.25, 0.3) is 11.1 Å². The lowest BCUT2D eigenvalue weighted by molar-refractivity contribution is 0.115. The molecule has 1 saturated heterocycles. The van der Waals surface area contributed by atoms with E-state index in [1.807, 2.05) is 18.2 Å². The lowest BCUT2D eigenvalue weighted by atomic mass is 9.89. The van der Waals surface area contributed by atoms with Crippen LogP contribution in [0.1, 0.15) is 12.8 Å². The molecular weight excluding hydrogens is 392 g/mol. The molecule has 4 rings (SSSR count). The molecule has 0 bridgehead atoms. The van der Waals surface area contributed by atoms with Gasteiger partial charge in [0.05, 0.1) is 16.6 Å². The molecule has 2 aliphatic rings. The monoisotopic (exact) mass is 416 g/mol. The van der Waals surface area contributed by atoms with Crippen LogP contribution in [-0.4, -0.2) is 56.5 Å². The van der Waals surface area contributed by atoms with E-state index in [1.165, 1.54) is 11.2 Å². The van der Waals surface area contributed by atoms with Crippen LogP contribution in [0.3, 0.4) is 0 Å². The van der Waals surface area contributed by atoms with Crippen LogP contribution in [0, 0.1) is 5.92 Å². The molecule has 0 aromatic heterocycles. The van der Waals surface area contributed by atoms with Crippen LogP contribution in [0.4, 0.5) is 10.5 Å². The normalized spacial score (nSPS) is 19.8. The second kappa shape index (κ2) is 7.59. The van der Waals surface area contributed by atoms with Crippen LogP contribution in [0.5, 0.6) is 5.75 Å². The molecule has 1 unspecified atom stereocenters. The van der Waals surface area contributed by atoms with E-state index in [4.69, 9.17) is 9.84 Å². The standard InChI is InChI=1S/C21H24N2O5S/c1-29(26,27)17-5-2-14(3-6-17)16-4-7-18-20(12-16)28-13-19(22-18)15-8-10-23(11-9-15)21(24)25/h2-7,12,15,19,22H,8-11,13H2,1H3,(H,24,25). The van der Waals surface area contributed by atoms with Crippen molar-refractivity contribution >= 4 is 21.6 Å². The molecule has 8 heteroatoms. The molecule has 0 spiro atoms. The summed E-state index contributed by atoms with van der Waals surface area (Å²) in [5, 5.41) is 12.6. The number of fused-ring (bicyclic) bond motifs is 1. The van der Waals surface area contributed by atoms with Crippen LogP contribution in [-0.2, 0) is 9.84 Å². The molecule has 0 radical (unpaired) electrons. The lowest BCUT2D eigenvalue weighted by Crippen LogP contribution is -2.45. The first-order valence-electron chi connectivity index (χ1n) is 9.63. The molecule has 2 aromatic carbocycles. The Morgan fingerprint density at radius 2 is 1.76 bits per heavy atom. The molecule has 2 N–H and O–H groups in total. The number of nitrogens with one attached hydrogen (secondary N) is 1. The fraction of sp³-hybridized carbons (Fsp3) is 0.381. The van der Waals surface area contributed by atoms with Crippen molar-refractivity contribution in [1.82, 2.24) is 4.90 Å². The number of amides is 1. The number of hydrogen-bond donors (Lipinski definition) is 2. The summed E-state index contributed by atoms with van der Waals surface area (Å²) in [6.07, 6.45) is 2.00. The third-order valence-electron chi connectivity index (χ3n) is 5.74. The number of likely N-dealkylation sites (tertiary alicyclic amines) is 1. The van der Waals surface area contributed by atoms with Crippen molar-refractivity contribution in [2.75, 3.05) is 31.3 Å². The Hall–Kier alpha value is -2.74. The Kier molecular flexibility index (Phi) is 5.12. The summed E-state index contributed by atoms with van der Waals surface area (Å²) < 4.78 is 29.3. The third-order valence-corrected chi connectivity index (χ3v) is 6.86. The van der Waals surface area contributed by atoms with E-state index in [9.17, 15) is 13.2 Å². The first kappa shape index (κ1) is 19.6. The summed E-state index contributed by atoms with van der Waals surface area (Å²) in [6.45, 7) is 1.67. The number of nitrogens with zero attached hydrogens (tertiary/aromatic N) is 1. The second-order valence-electron chi connectivity index (χ2n) is 7.68. The zero-order chi connectivity index (χ0) is 20.6. The van der Waals surface area contributed by atoms with Gasteiger partial charge in [-0.1, -0.05) is 18.2 Å².